The van der Waals surface area contributed by atoms with E-state index < -0.39 is 35.1 Å². The fourth-order valence-electron chi connectivity index (χ4n) is 1.88. The van der Waals surface area contributed by atoms with Crippen LogP contribution in [0.2, 0.25) is 0 Å². The number of carbonyl (C=O) groups is 2. The van der Waals surface area contributed by atoms with Crippen molar-refractivity contribution in [2.75, 3.05) is 5.32 Å². The van der Waals surface area contributed by atoms with Gasteiger partial charge in [-0.1, -0.05) is 12.1 Å². The molecule has 4 nitrogen and oxygen atoms in total. The number of nitrogens with one attached hydrogen (secondary N) is 1. The van der Waals surface area contributed by atoms with Gasteiger partial charge in [-0.3, -0.25) is 9.59 Å². The number of anilines is 1. The highest BCUT2D eigenvalue weighted by molar-refractivity contribution is 6.08. The van der Waals surface area contributed by atoms with E-state index in [2.05, 4.69) is 5.32 Å². The third kappa shape index (κ3) is 3.65. The molecule has 0 bridgehead atoms. The summed E-state index contributed by atoms with van der Waals surface area (Å²) >= 11 is 0. The molecule has 120 valence electrons. The van der Waals surface area contributed by atoms with Gasteiger partial charge in [0, 0.05) is 5.56 Å². The van der Waals surface area contributed by atoms with Crippen LogP contribution in [0.25, 0.3) is 0 Å². The van der Waals surface area contributed by atoms with Crippen LogP contribution in [-0.4, -0.2) is 11.8 Å². The minimum Gasteiger partial charge on any atom is -0.366 e. The molecule has 0 radical (unpaired) electrons. The van der Waals surface area contributed by atoms with Crippen molar-refractivity contribution in [3.8, 4) is 0 Å². The van der Waals surface area contributed by atoms with Gasteiger partial charge in [0.15, 0.2) is 0 Å². The van der Waals surface area contributed by atoms with Gasteiger partial charge in [-0.25, -0.2) is 4.39 Å². The van der Waals surface area contributed by atoms with Crippen LogP contribution in [0.15, 0.2) is 42.5 Å². The summed E-state index contributed by atoms with van der Waals surface area (Å²) in [4.78, 5) is 23.3. The summed E-state index contributed by atoms with van der Waals surface area (Å²) in [5.74, 6) is -2.91. The zero-order valence-electron chi connectivity index (χ0n) is 11.4. The zero-order valence-corrected chi connectivity index (χ0v) is 11.4. The Labute approximate surface area is 127 Å². The van der Waals surface area contributed by atoms with E-state index in [4.69, 9.17) is 5.73 Å². The van der Waals surface area contributed by atoms with E-state index in [0.717, 1.165) is 24.3 Å². The third-order valence-corrected chi connectivity index (χ3v) is 2.97. The van der Waals surface area contributed by atoms with Crippen molar-refractivity contribution >= 4 is 17.5 Å². The number of hydrogen-bond donors (Lipinski definition) is 2. The molecule has 0 aliphatic heterocycles. The summed E-state index contributed by atoms with van der Waals surface area (Å²) < 4.78 is 51.7. The first-order chi connectivity index (χ1) is 10.7. The maximum absolute atomic E-state index is 13.8. The SMILES string of the molecule is NC(=O)c1cccc(F)c1NC(=O)c1cccc(C(F)(F)F)c1. The molecule has 0 spiro atoms. The predicted molar refractivity (Wildman–Crippen MR) is 74.3 cm³/mol. The number of rotatable bonds is 3. The lowest BCUT2D eigenvalue weighted by Crippen LogP contribution is -2.20. The van der Waals surface area contributed by atoms with Crippen LogP contribution in [0.1, 0.15) is 26.3 Å². The fourth-order valence-corrected chi connectivity index (χ4v) is 1.88. The van der Waals surface area contributed by atoms with E-state index in [9.17, 15) is 27.2 Å². The van der Waals surface area contributed by atoms with Crippen molar-refractivity contribution in [1.29, 1.82) is 0 Å². The van der Waals surface area contributed by atoms with E-state index in [1.807, 2.05) is 0 Å². The molecule has 0 aromatic heterocycles. The third-order valence-electron chi connectivity index (χ3n) is 2.97. The Morgan fingerprint density at radius 3 is 2.30 bits per heavy atom. The zero-order chi connectivity index (χ0) is 17.2. The van der Waals surface area contributed by atoms with Crippen molar-refractivity contribution in [3.63, 3.8) is 0 Å². The Hall–Kier alpha value is -2.90. The first kappa shape index (κ1) is 16.5. The number of primary amides is 1. The van der Waals surface area contributed by atoms with Gasteiger partial charge in [0.2, 0.25) is 0 Å². The standard InChI is InChI=1S/C15H10F4N2O2/c16-11-6-2-5-10(13(20)22)12(11)21-14(23)8-3-1-4-9(7-8)15(17,18)19/h1-7H,(H2,20,22)(H,21,23). The van der Waals surface area contributed by atoms with Crippen LogP contribution in [0.3, 0.4) is 0 Å². The maximum Gasteiger partial charge on any atom is 0.416 e. The Bertz CT molecular complexity index is 772. The maximum atomic E-state index is 13.8. The minimum absolute atomic E-state index is 0.287. The summed E-state index contributed by atoms with van der Waals surface area (Å²) in [6, 6.07) is 7.00. The fraction of sp³-hybridized carbons (Fsp3) is 0.0667. The highest BCUT2D eigenvalue weighted by Gasteiger charge is 2.31. The van der Waals surface area contributed by atoms with E-state index in [1.165, 1.54) is 12.1 Å². The number of hydrogen-bond acceptors (Lipinski definition) is 2. The predicted octanol–water partition coefficient (Wildman–Crippen LogP) is 3.20. The largest absolute Gasteiger partial charge is 0.416 e. The van der Waals surface area contributed by atoms with Crippen molar-refractivity contribution in [2.24, 2.45) is 5.73 Å². The van der Waals surface area contributed by atoms with E-state index in [1.54, 1.807) is 0 Å². The van der Waals surface area contributed by atoms with Crippen molar-refractivity contribution in [2.45, 2.75) is 6.18 Å². The van der Waals surface area contributed by atoms with Crippen LogP contribution in [-0.2, 0) is 6.18 Å². The molecule has 8 heteroatoms. The molecule has 2 aromatic carbocycles. The average molecular weight is 326 g/mol. The molecule has 0 aliphatic rings. The summed E-state index contributed by atoms with van der Waals surface area (Å²) in [5, 5.41) is 2.07. The van der Waals surface area contributed by atoms with Gasteiger partial charge in [-0.2, -0.15) is 13.2 Å². The molecule has 23 heavy (non-hydrogen) atoms. The normalized spacial score (nSPS) is 11.1. The molecule has 0 atom stereocenters. The van der Waals surface area contributed by atoms with Crippen LogP contribution in [0, 0.1) is 5.82 Å². The molecule has 3 N–H and O–H groups in total. The van der Waals surface area contributed by atoms with E-state index in [-0.39, 0.29) is 11.1 Å². The summed E-state index contributed by atoms with van der Waals surface area (Å²) in [6.45, 7) is 0. The molecule has 2 rings (SSSR count). The van der Waals surface area contributed by atoms with Gasteiger partial charge in [-0.05, 0) is 30.3 Å². The second-order valence-electron chi connectivity index (χ2n) is 4.56. The molecular formula is C15H10F4N2O2. The van der Waals surface area contributed by atoms with Gasteiger partial charge < -0.3 is 11.1 Å². The lowest BCUT2D eigenvalue weighted by molar-refractivity contribution is -0.137. The van der Waals surface area contributed by atoms with E-state index >= 15 is 0 Å². The Morgan fingerprint density at radius 1 is 1.04 bits per heavy atom. The molecule has 0 heterocycles. The van der Waals surface area contributed by atoms with Crippen LogP contribution < -0.4 is 11.1 Å². The smallest absolute Gasteiger partial charge is 0.366 e. The van der Waals surface area contributed by atoms with E-state index in [0.29, 0.717) is 6.07 Å². The molecule has 2 aromatic rings. The van der Waals surface area contributed by atoms with Crippen molar-refractivity contribution < 1.29 is 27.2 Å². The molecule has 0 fully saturated rings. The van der Waals surface area contributed by atoms with Crippen LogP contribution >= 0.6 is 0 Å². The number of amides is 2. The topological polar surface area (TPSA) is 72.2 Å². The number of para-hydroxylation sites is 1. The van der Waals surface area contributed by atoms with Gasteiger partial charge in [0.1, 0.15) is 5.82 Å². The second-order valence-corrected chi connectivity index (χ2v) is 4.56. The second kappa shape index (κ2) is 6.07. The molecule has 0 saturated carbocycles. The number of halogens is 4. The Kier molecular flexibility index (Phi) is 4.35. The van der Waals surface area contributed by atoms with Gasteiger partial charge in [0.25, 0.3) is 11.8 Å². The van der Waals surface area contributed by atoms with Gasteiger partial charge in [0.05, 0.1) is 16.8 Å². The number of nitrogens with two attached hydrogens (primary N) is 1. The Morgan fingerprint density at radius 2 is 1.70 bits per heavy atom. The summed E-state index contributed by atoms with van der Waals surface area (Å²) in [6.07, 6.45) is -4.62. The number of benzene rings is 2. The molecular weight excluding hydrogens is 316 g/mol. The number of alkyl halides is 3. The summed E-state index contributed by atoms with van der Waals surface area (Å²) in [5.41, 5.74) is 2.95. The lowest BCUT2D eigenvalue weighted by Gasteiger charge is -2.11. The molecule has 0 unspecified atom stereocenters. The Balaban J connectivity index is 2.36. The minimum atomic E-state index is -4.62. The van der Waals surface area contributed by atoms with Crippen molar-refractivity contribution in [3.05, 3.63) is 65.0 Å². The first-order valence-electron chi connectivity index (χ1n) is 6.27. The van der Waals surface area contributed by atoms with Crippen LogP contribution in [0.4, 0.5) is 23.2 Å². The average Bonchev–Trinajstić information content (AvgIpc) is 2.48. The highest BCUT2D eigenvalue weighted by Crippen LogP contribution is 2.30. The molecule has 0 saturated heterocycles. The first-order valence-corrected chi connectivity index (χ1v) is 6.27. The number of carbonyl (C=O) groups excluding carboxylic acids is 2. The quantitative estimate of drug-likeness (QED) is 0.850. The van der Waals surface area contributed by atoms with Gasteiger partial charge >= 0.3 is 6.18 Å². The monoisotopic (exact) mass is 326 g/mol. The highest BCUT2D eigenvalue weighted by atomic mass is 19.4. The summed E-state index contributed by atoms with van der Waals surface area (Å²) in [7, 11) is 0. The molecule has 2 amide bonds. The lowest BCUT2D eigenvalue weighted by atomic mass is 10.1. The van der Waals surface area contributed by atoms with Crippen LogP contribution in [0.5, 0.6) is 0 Å². The van der Waals surface area contributed by atoms with Gasteiger partial charge in [-0.15, -0.1) is 0 Å². The van der Waals surface area contributed by atoms with Crippen molar-refractivity contribution in [1.82, 2.24) is 0 Å². The molecule has 0 aliphatic carbocycles.